The normalized spacial score (nSPS) is 28.2. The Bertz CT molecular complexity index is 2180. The number of pyridine rings is 1. The highest BCUT2D eigenvalue weighted by Gasteiger charge is 2.62. The van der Waals surface area contributed by atoms with Gasteiger partial charge in [-0.3, -0.25) is 23.9 Å². The van der Waals surface area contributed by atoms with Crippen molar-refractivity contribution in [2.45, 2.75) is 120 Å². The van der Waals surface area contributed by atoms with E-state index in [0.717, 1.165) is 4.90 Å². The zero-order valence-electron chi connectivity index (χ0n) is 34.0. The Morgan fingerprint density at radius 3 is 2.45 bits per heavy atom. The molecule has 3 fully saturated rings. The molecule has 0 radical (unpaired) electrons. The second-order valence-electron chi connectivity index (χ2n) is 16.7. The number of rotatable bonds is 10. The molecule has 2 aromatic rings. The minimum absolute atomic E-state index is 0.0136. The molecular formula is C40H51F3N6O10S. The van der Waals surface area contributed by atoms with Gasteiger partial charge in [-0.05, 0) is 82.4 Å². The molecule has 6 rings (SSSR count). The van der Waals surface area contributed by atoms with E-state index in [0.29, 0.717) is 68.9 Å². The van der Waals surface area contributed by atoms with Crippen LogP contribution in [0.25, 0.3) is 10.8 Å². The number of nitrogens with two attached hydrogens (primary N) is 1. The van der Waals surface area contributed by atoms with Crippen LogP contribution in [0.4, 0.5) is 18.0 Å². The maximum atomic E-state index is 14.9. The Morgan fingerprint density at radius 1 is 1.10 bits per heavy atom. The van der Waals surface area contributed by atoms with Crippen LogP contribution in [-0.2, 0) is 29.1 Å². The van der Waals surface area contributed by atoms with Gasteiger partial charge < -0.3 is 35.5 Å². The van der Waals surface area contributed by atoms with E-state index in [4.69, 9.17) is 19.9 Å². The summed E-state index contributed by atoms with van der Waals surface area (Å²) in [5, 5.41) is 5.13. The van der Waals surface area contributed by atoms with Crippen LogP contribution < -0.4 is 30.6 Å². The van der Waals surface area contributed by atoms with Gasteiger partial charge in [0.1, 0.15) is 29.5 Å². The van der Waals surface area contributed by atoms with Crippen molar-refractivity contribution in [1.29, 1.82) is 0 Å². The number of sulfonamides is 1. The summed E-state index contributed by atoms with van der Waals surface area (Å²) in [5.41, 5.74) is 1.10. The van der Waals surface area contributed by atoms with Gasteiger partial charge in [-0.25, -0.2) is 18.2 Å². The number of carbonyl (C=O) groups excluding carboxylic acids is 5. The average molecular weight is 865 g/mol. The van der Waals surface area contributed by atoms with Crippen LogP contribution in [0.5, 0.6) is 11.6 Å². The number of halogens is 3. The zero-order chi connectivity index (χ0) is 43.9. The molecule has 0 spiro atoms. The number of methoxy groups -OCH3 is 1. The van der Waals surface area contributed by atoms with Gasteiger partial charge in [0.25, 0.3) is 11.8 Å². The SMILES string of the molecule is CC[C@@H]1C[C@H](C)CC/C=C\[C@@H]2C[C@@]2(C(=O)NS(=O)(=O)C2CC2)NC(=O)[C@@H]2C[C@@H](Oc3ncc(C(N)=O)c4cc(OC)ccc34)CN2C(=O)[C@H]1NC(=O)OC(C)(C)C(F)(F)F. The number of amides is 5. The van der Waals surface area contributed by atoms with E-state index in [1.807, 2.05) is 13.0 Å². The van der Waals surface area contributed by atoms with Gasteiger partial charge >= 0.3 is 12.3 Å². The molecule has 1 saturated heterocycles. The highest BCUT2D eigenvalue weighted by atomic mass is 32.2. The van der Waals surface area contributed by atoms with Crippen LogP contribution in [0.3, 0.4) is 0 Å². The van der Waals surface area contributed by atoms with Gasteiger partial charge in [0.2, 0.25) is 33.3 Å². The summed E-state index contributed by atoms with van der Waals surface area (Å²) >= 11 is 0. The third-order valence-electron chi connectivity index (χ3n) is 11.9. The third-order valence-corrected chi connectivity index (χ3v) is 13.7. The van der Waals surface area contributed by atoms with E-state index >= 15 is 0 Å². The molecule has 7 atom stereocenters. The summed E-state index contributed by atoms with van der Waals surface area (Å²) in [6.45, 7) is 4.77. The van der Waals surface area contributed by atoms with Crippen LogP contribution >= 0.6 is 0 Å². The molecule has 5 N–H and O–H groups in total. The molecule has 60 heavy (non-hydrogen) atoms. The number of allylic oxidation sites excluding steroid dienone is 1. The molecule has 4 aliphatic rings. The lowest BCUT2D eigenvalue weighted by Gasteiger charge is -2.35. The number of hydrogen-bond donors (Lipinski definition) is 4. The molecule has 20 heteroatoms. The summed E-state index contributed by atoms with van der Waals surface area (Å²) in [6.07, 6.45) is -0.152. The zero-order valence-corrected chi connectivity index (χ0v) is 34.8. The number of nitrogens with one attached hydrogen (secondary N) is 3. The Morgan fingerprint density at radius 2 is 1.82 bits per heavy atom. The predicted octanol–water partition coefficient (Wildman–Crippen LogP) is 4.01. The maximum Gasteiger partial charge on any atom is 0.427 e. The number of hydrogen-bond acceptors (Lipinski definition) is 11. The van der Waals surface area contributed by atoms with Gasteiger partial charge in [-0.1, -0.05) is 32.4 Å². The van der Waals surface area contributed by atoms with Crippen molar-refractivity contribution in [3.63, 3.8) is 0 Å². The van der Waals surface area contributed by atoms with Crippen LogP contribution in [0.15, 0.2) is 36.5 Å². The van der Waals surface area contributed by atoms with Crippen molar-refractivity contribution in [2.24, 2.45) is 23.5 Å². The Hall–Kier alpha value is -5.14. The van der Waals surface area contributed by atoms with Gasteiger partial charge in [-0.2, -0.15) is 13.2 Å². The molecule has 2 aliphatic heterocycles. The minimum atomic E-state index is -4.94. The number of aromatic nitrogens is 1. The first-order valence-corrected chi connectivity index (χ1v) is 21.5. The Balaban J connectivity index is 1.39. The number of alkyl carbamates (subject to hydrolysis) is 1. The Kier molecular flexibility index (Phi) is 12.4. The molecule has 1 aromatic carbocycles. The van der Waals surface area contributed by atoms with Gasteiger partial charge in [0.05, 0.1) is 24.5 Å². The number of alkyl halides is 3. The molecule has 1 aromatic heterocycles. The highest BCUT2D eigenvalue weighted by molar-refractivity contribution is 7.91. The molecular weight excluding hydrogens is 814 g/mol. The third kappa shape index (κ3) is 9.27. The fourth-order valence-electron chi connectivity index (χ4n) is 7.93. The van der Waals surface area contributed by atoms with Gasteiger partial charge in [0.15, 0.2) is 0 Å². The second-order valence-corrected chi connectivity index (χ2v) is 18.7. The first-order valence-electron chi connectivity index (χ1n) is 19.9. The van der Waals surface area contributed by atoms with Crippen molar-refractivity contribution < 1.29 is 59.8 Å². The minimum Gasteiger partial charge on any atom is -0.497 e. The summed E-state index contributed by atoms with van der Waals surface area (Å²) in [7, 11) is -2.58. The van der Waals surface area contributed by atoms with Crippen molar-refractivity contribution >= 4 is 50.5 Å². The van der Waals surface area contributed by atoms with Crippen molar-refractivity contribution in [3.05, 3.63) is 42.1 Å². The second kappa shape index (κ2) is 16.7. The van der Waals surface area contributed by atoms with Crippen molar-refractivity contribution in [1.82, 2.24) is 25.2 Å². The number of nitrogens with zero attached hydrogens (tertiary/aromatic N) is 2. The predicted molar refractivity (Wildman–Crippen MR) is 210 cm³/mol. The number of benzene rings is 1. The molecule has 2 saturated carbocycles. The molecule has 2 aliphatic carbocycles. The largest absolute Gasteiger partial charge is 0.497 e. The molecule has 5 amide bonds. The van der Waals surface area contributed by atoms with Crippen LogP contribution in [0, 0.1) is 17.8 Å². The quantitative estimate of drug-likeness (QED) is 0.250. The number of fused-ring (bicyclic) bond motifs is 3. The van der Waals surface area contributed by atoms with E-state index in [2.05, 4.69) is 20.3 Å². The van der Waals surface area contributed by atoms with E-state index in [9.17, 15) is 45.6 Å². The van der Waals surface area contributed by atoms with Crippen molar-refractivity contribution in [2.75, 3.05) is 13.7 Å². The van der Waals surface area contributed by atoms with Gasteiger partial charge in [-0.15, -0.1) is 0 Å². The van der Waals surface area contributed by atoms with Crippen LogP contribution in [-0.4, -0.2) is 102 Å². The lowest BCUT2D eigenvalue weighted by molar-refractivity contribution is -0.244. The lowest BCUT2D eigenvalue weighted by atomic mass is 9.85. The van der Waals surface area contributed by atoms with E-state index in [-0.39, 0.29) is 36.7 Å². The maximum absolute atomic E-state index is 14.9. The highest BCUT2D eigenvalue weighted by Crippen LogP contribution is 2.46. The summed E-state index contributed by atoms with van der Waals surface area (Å²) in [6, 6.07) is 1.90. The number of primary amides is 1. The van der Waals surface area contributed by atoms with Gasteiger partial charge in [0, 0.05) is 29.3 Å². The smallest absolute Gasteiger partial charge is 0.427 e. The first kappa shape index (κ1) is 44.4. The molecule has 16 nitrogen and oxygen atoms in total. The monoisotopic (exact) mass is 864 g/mol. The summed E-state index contributed by atoms with van der Waals surface area (Å²) < 4.78 is 85.9. The van der Waals surface area contributed by atoms with E-state index in [1.165, 1.54) is 13.3 Å². The molecule has 0 bridgehead atoms. The number of carbonyl (C=O) groups is 5. The summed E-state index contributed by atoms with van der Waals surface area (Å²) in [4.78, 5) is 74.3. The number of ether oxygens (including phenoxy) is 3. The molecule has 0 unspecified atom stereocenters. The van der Waals surface area contributed by atoms with E-state index < -0.39 is 92.3 Å². The standard InChI is InChI=1S/C40H51F3N6O10S/c1-6-22-15-21(2)9-7-8-10-23-18-39(23,36(53)48-60(55,56)26-12-13-26)47-33(51)30-17-25(20-49(30)35(52)31(22)46-37(54)59-38(3,4)40(41,42)43)58-34-27-14-11-24(57-5)16-28(27)29(19-45-34)32(44)50/h8,10-11,14,16,19,21-23,25-26,30-31H,6-7,9,12-13,15,17-18,20H2,1-5H3,(H2,44,50)(H,46,54)(H,47,51)(H,48,53)/b10-8-/t21-,22-,23-,25-,30+,31+,39-/m1/s1. The van der Waals surface area contributed by atoms with Crippen LogP contribution in [0.1, 0.15) is 89.4 Å². The van der Waals surface area contributed by atoms with Crippen LogP contribution in [0.2, 0.25) is 0 Å². The Labute approximate surface area is 345 Å². The lowest BCUT2D eigenvalue weighted by Crippen LogP contribution is -2.59. The average Bonchev–Trinajstić information content (AvgIpc) is 4.10. The topological polar surface area (TPSA) is 225 Å². The first-order chi connectivity index (χ1) is 28.1. The summed E-state index contributed by atoms with van der Waals surface area (Å²) in [5.74, 6) is -4.18. The molecule has 328 valence electrons. The molecule has 3 heterocycles. The van der Waals surface area contributed by atoms with Crippen molar-refractivity contribution in [3.8, 4) is 11.6 Å². The fraction of sp³-hybridized carbons (Fsp3) is 0.600. The van der Waals surface area contributed by atoms with E-state index in [1.54, 1.807) is 31.2 Å². The fourth-order valence-corrected chi connectivity index (χ4v) is 9.30.